The Morgan fingerprint density at radius 3 is 0.798 bits per heavy atom. The Bertz CT molecular complexity index is 5510. The molecule has 30 nitrogen and oxygen atoms in total. The van der Waals surface area contributed by atoms with Crippen LogP contribution in [-0.2, 0) is 67.7 Å². The van der Waals surface area contributed by atoms with Gasteiger partial charge >= 0.3 is 18.1 Å². The summed E-state index contributed by atoms with van der Waals surface area (Å²) < 4.78 is 0. The number of nitro groups is 3. The number of rotatable bonds is 27. The first-order valence-corrected chi connectivity index (χ1v) is 42.5. The lowest BCUT2D eigenvalue weighted by Gasteiger charge is -2.28. The van der Waals surface area contributed by atoms with Crippen molar-refractivity contribution in [2.45, 2.75) is 114 Å². The fraction of sp³-hybridized carbons (Fsp3) is 0.242. The van der Waals surface area contributed by atoms with E-state index in [9.17, 15) is 73.5 Å². The van der Waals surface area contributed by atoms with Gasteiger partial charge in [-0.1, -0.05) is 255 Å². The van der Waals surface area contributed by atoms with E-state index in [2.05, 4.69) is 31.9 Å². The lowest BCUT2D eigenvalue weighted by Crippen LogP contribution is -2.54. The van der Waals surface area contributed by atoms with Crippen LogP contribution in [0.5, 0.6) is 0 Å². The standard InChI is InChI=1S/3C33H33N5O5/c3*1-36(22-23-10-3-2-4-11-23)32(40)28(21-24-17-18-25-12-5-6-13-26(25)20-24)34-31(39)30-16-9-19-37(30)33(41)35-27-14-7-8-15-29(27)38(42)43/h3*2-8,10-15,17-18,20,28,30H,9,16,19,21-22H2,1H3,(H,34,39)(H,35,41)/t3*28-,30-/m000/s1. The number of carbonyl (C=O) groups is 9. The van der Waals surface area contributed by atoms with Crippen molar-refractivity contribution in [1.29, 1.82) is 0 Å². The molecule has 6 atom stereocenters. The van der Waals surface area contributed by atoms with Crippen LogP contribution in [-0.4, -0.2) is 175 Å². The molecule has 660 valence electrons. The zero-order valence-electron chi connectivity index (χ0n) is 71.4. The van der Waals surface area contributed by atoms with Crippen molar-refractivity contribution in [3.63, 3.8) is 0 Å². The number of likely N-dealkylation sites (N-methyl/N-ethyl adjacent to an activating group) is 3. The highest BCUT2D eigenvalue weighted by Crippen LogP contribution is 2.32. The number of carbonyl (C=O) groups excluding carboxylic acids is 9. The first-order valence-electron chi connectivity index (χ1n) is 42.5. The van der Waals surface area contributed by atoms with Crippen LogP contribution in [0.2, 0.25) is 0 Å². The second kappa shape index (κ2) is 43.2. The van der Waals surface area contributed by atoms with E-state index in [4.69, 9.17) is 0 Å². The van der Waals surface area contributed by atoms with Gasteiger partial charge in [0.1, 0.15) is 53.3 Å². The van der Waals surface area contributed by atoms with Crippen molar-refractivity contribution >= 4 is 120 Å². The maximum atomic E-state index is 13.8. The molecule has 0 spiro atoms. The molecule has 3 aliphatic heterocycles. The Morgan fingerprint density at radius 2 is 0.543 bits per heavy atom. The summed E-state index contributed by atoms with van der Waals surface area (Å²) in [6.07, 6.45) is 3.78. The normalized spacial score (nSPS) is 15.1. The predicted octanol–water partition coefficient (Wildman–Crippen LogP) is 15.4. The van der Waals surface area contributed by atoms with Gasteiger partial charge in [0.15, 0.2) is 0 Å². The van der Waals surface area contributed by atoms with Gasteiger partial charge in [-0.15, -0.1) is 0 Å². The highest BCUT2D eigenvalue weighted by molar-refractivity contribution is 6.00. The predicted molar refractivity (Wildman–Crippen MR) is 493 cm³/mol. The number of hydrogen-bond donors (Lipinski definition) is 6. The fourth-order valence-corrected chi connectivity index (χ4v) is 16.4. The van der Waals surface area contributed by atoms with Crippen LogP contribution in [0.25, 0.3) is 32.3 Å². The zero-order valence-corrected chi connectivity index (χ0v) is 71.4. The average molecular weight is 1740 g/mol. The summed E-state index contributed by atoms with van der Waals surface area (Å²) in [5, 5.41) is 57.1. The number of nitrogens with zero attached hydrogens (tertiary/aromatic N) is 9. The molecule has 15 rings (SSSR count). The first kappa shape index (κ1) is 91.0. The highest BCUT2D eigenvalue weighted by atomic mass is 16.6. The molecule has 0 aromatic heterocycles. The van der Waals surface area contributed by atoms with Crippen LogP contribution in [0.4, 0.5) is 48.5 Å². The van der Waals surface area contributed by atoms with E-state index < -0.39 is 86.8 Å². The molecule has 3 saturated heterocycles. The van der Waals surface area contributed by atoms with Crippen LogP contribution in [0.3, 0.4) is 0 Å². The summed E-state index contributed by atoms with van der Waals surface area (Å²) in [5.74, 6) is -2.08. The Morgan fingerprint density at radius 1 is 0.310 bits per heavy atom. The Kier molecular flexibility index (Phi) is 30.5. The van der Waals surface area contributed by atoms with Gasteiger partial charge in [-0.2, -0.15) is 0 Å². The summed E-state index contributed by atoms with van der Waals surface area (Å²) in [7, 11) is 5.12. The molecule has 30 heteroatoms. The van der Waals surface area contributed by atoms with Crippen molar-refractivity contribution < 1.29 is 57.9 Å². The van der Waals surface area contributed by atoms with E-state index in [0.29, 0.717) is 77.8 Å². The first-order chi connectivity index (χ1) is 62.4. The molecular weight excluding hydrogens is 1640 g/mol. The van der Waals surface area contributed by atoms with Crippen LogP contribution < -0.4 is 31.9 Å². The number of likely N-dealkylation sites (tertiary alicyclic amines) is 3. The molecule has 0 aliphatic carbocycles. The molecule has 0 radical (unpaired) electrons. The smallest absolute Gasteiger partial charge is 0.322 e. The number of amides is 12. The van der Waals surface area contributed by atoms with E-state index in [0.717, 1.165) is 65.7 Å². The van der Waals surface area contributed by atoms with Crippen LogP contribution >= 0.6 is 0 Å². The molecule has 0 bridgehead atoms. The molecule has 3 aliphatic rings. The quantitative estimate of drug-likeness (QED) is 0.0206. The number of para-hydroxylation sites is 6. The van der Waals surface area contributed by atoms with Crippen LogP contribution in [0.1, 0.15) is 71.9 Å². The molecular formula is C99H99N15O15. The van der Waals surface area contributed by atoms with Gasteiger partial charge in [-0.3, -0.25) is 59.1 Å². The van der Waals surface area contributed by atoms with Gasteiger partial charge in [0.2, 0.25) is 35.4 Å². The third-order valence-electron chi connectivity index (χ3n) is 23.0. The summed E-state index contributed by atoms with van der Waals surface area (Å²) in [6, 6.07) is 81.1. The summed E-state index contributed by atoms with van der Waals surface area (Å²) in [6.45, 7) is 2.04. The Hall–Kier alpha value is -15.8. The second-order valence-electron chi connectivity index (χ2n) is 32.0. The largest absolute Gasteiger partial charge is 0.342 e. The minimum atomic E-state index is -0.872. The lowest BCUT2D eigenvalue weighted by atomic mass is 10.00. The molecule has 3 heterocycles. The van der Waals surface area contributed by atoms with Crippen molar-refractivity contribution in [3.05, 3.63) is 355 Å². The molecule has 12 amide bonds. The van der Waals surface area contributed by atoms with Gasteiger partial charge in [-0.05, 0) is 122 Å². The third kappa shape index (κ3) is 23.8. The van der Waals surface area contributed by atoms with E-state index in [1.54, 1.807) is 54.0 Å². The zero-order chi connectivity index (χ0) is 91.0. The van der Waals surface area contributed by atoms with Crippen molar-refractivity contribution in [3.8, 4) is 0 Å². The number of anilines is 3. The molecule has 3 fully saturated rings. The van der Waals surface area contributed by atoms with Crippen LogP contribution in [0.15, 0.2) is 291 Å². The second-order valence-corrected chi connectivity index (χ2v) is 32.0. The van der Waals surface area contributed by atoms with Gasteiger partial charge in [0.25, 0.3) is 17.1 Å². The number of nitrogens with one attached hydrogen (secondary N) is 6. The fourth-order valence-electron chi connectivity index (χ4n) is 16.4. The summed E-state index contributed by atoms with van der Waals surface area (Å²) >= 11 is 0. The van der Waals surface area contributed by atoms with Gasteiger partial charge in [0, 0.05) is 97.9 Å². The SMILES string of the molecule is CN(Cc1ccccc1)C(=O)[C@H](Cc1ccc2ccccc2c1)NC(=O)[C@@H]1CCCN1C(=O)Nc1ccccc1[N+](=O)[O-].CN(Cc1ccccc1)C(=O)[C@H](Cc1ccc2ccccc2c1)NC(=O)[C@@H]1CCCN1C(=O)Nc1ccccc1[N+](=O)[O-].CN(Cc1ccccc1)C(=O)[C@H](Cc1ccc2ccccc2c1)NC(=O)[C@@H]1CCCN1C(=O)Nc1ccccc1[N+](=O)[O-]. The topological polar surface area (TPSA) is 375 Å². The van der Waals surface area contributed by atoms with Crippen molar-refractivity contribution in [2.24, 2.45) is 0 Å². The van der Waals surface area contributed by atoms with Crippen LogP contribution in [0, 0.1) is 30.3 Å². The Balaban J connectivity index is 0.000000165. The summed E-state index contributed by atoms with van der Waals surface area (Å²) in [5.41, 5.74) is 5.00. The van der Waals surface area contributed by atoms with E-state index in [1.165, 1.54) is 69.3 Å². The van der Waals surface area contributed by atoms with Gasteiger partial charge in [-0.25, -0.2) is 14.4 Å². The monoisotopic (exact) mass is 1740 g/mol. The molecule has 129 heavy (non-hydrogen) atoms. The molecule has 0 unspecified atom stereocenters. The number of fused-ring (bicyclic) bond motifs is 3. The number of urea groups is 3. The van der Waals surface area contributed by atoms with Crippen molar-refractivity contribution in [1.82, 2.24) is 45.3 Å². The molecule has 12 aromatic carbocycles. The molecule has 0 saturated carbocycles. The highest BCUT2D eigenvalue weighted by Gasteiger charge is 2.41. The Labute approximate surface area is 744 Å². The summed E-state index contributed by atoms with van der Waals surface area (Å²) in [4.78, 5) is 163. The van der Waals surface area contributed by atoms with E-state index in [1.807, 2.05) is 218 Å². The third-order valence-corrected chi connectivity index (χ3v) is 23.0. The van der Waals surface area contributed by atoms with E-state index in [-0.39, 0.29) is 71.1 Å². The van der Waals surface area contributed by atoms with E-state index >= 15 is 0 Å². The number of benzene rings is 12. The number of nitro benzene ring substituents is 3. The van der Waals surface area contributed by atoms with Gasteiger partial charge < -0.3 is 61.3 Å². The maximum Gasteiger partial charge on any atom is 0.322 e. The number of hydrogen-bond acceptors (Lipinski definition) is 15. The average Bonchev–Trinajstić information content (AvgIpc) is 1.67. The van der Waals surface area contributed by atoms with Gasteiger partial charge in [0.05, 0.1) is 14.8 Å². The lowest BCUT2D eigenvalue weighted by molar-refractivity contribution is -0.384. The molecule has 6 N–H and O–H groups in total. The molecule has 12 aromatic rings. The van der Waals surface area contributed by atoms with Crippen molar-refractivity contribution in [2.75, 3.05) is 56.7 Å². The minimum Gasteiger partial charge on any atom is -0.342 e. The minimum absolute atomic E-state index is 0.0513. The maximum absolute atomic E-state index is 13.8.